The molecule has 0 bridgehead atoms. The first kappa shape index (κ1) is 9.57. The number of nitro groups is 1. The number of nitrogens with zero attached hydrogens (tertiary/aromatic N) is 3. The number of hydroxylamine groups is 3. The minimum atomic E-state index is -0.514. The van der Waals surface area contributed by atoms with Gasteiger partial charge in [0.25, 0.3) is 5.70 Å². The lowest BCUT2D eigenvalue weighted by atomic mass is 10.2. The van der Waals surface area contributed by atoms with Crippen molar-refractivity contribution in [2.75, 3.05) is 0 Å². The van der Waals surface area contributed by atoms with Crippen molar-refractivity contribution in [1.82, 2.24) is 10.5 Å². The Morgan fingerprint density at radius 3 is 3.13 bits per heavy atom. The van der Waals surface area contributed by atoms with Gasteiger partial charge in [-0.1, -0.05) is 0 Å². The maximum atomic E-state index is 10.6. The van der Waals surface area contributed by atoms with Gasteiger partial charge in [-0.05, 0) is 6.08 Å². The van der Waals surface area contributed by atoms with E-state index in [4.69, 9.17) is 10.2 Å². The molecule has 0 unspecified atom stereocenters. The summed E-state index contributed by atoms with van der Waals surface area (Å²) in [6.45, 7) is 0. The Bertz CT molecular complexity index is 448. The standard InChI is InChI=1S/C7H4N4O3S/c8-4-15-7-2-1-5(11(12)13)6-3-9-14-10(6)7/h1-3,9H. The maximum Gasteiger partial charge on any atom is 0.297 e. The largest absolute Gasteiger partial charge is 0.297 e. The van der Waals surface area contributed by atoms with Crippen LogP contribution in [0.15, 0.2) is 34.8 Å². The zero-order valence-corrected chi connectivity index (χ0v) is 8.02. The van der Waals surface area contributed by atoms with Gasteiger partial charge in [0.1, 0.15) is 10.4 Å². The van der Waals surface area contributed by atoms with Gasteiger partial charge >= 0.3 is 0 Å². The molecule has 7 nitrogen and oxygen atoms in total. The topological polar surface area (TPSA) is 91.4 Å². The molecular weight excluding hydrogens is 220 g/mol. The van der Waals surface area contributed by atoms with Gasteiger partial charge < -0.3 is 0 Å². The van der Waals surface area contributed by atoms with E-state index in [9.17, 15) is 10.1 Å². The molecule has 0 aromatic rings. The molecule has 0 fully saturated rings. The fraction of sp³-hybridized carbons (Fsp3) is 0. The van der Waals surface area contributed by atoms with Crippen molar-refractivity contribution in [3.63, 3.8) is 0 Å². The number of nitriles is 1. The molecule has 0 radical (unpaired) electrons. The molecule has 2 aliphatic heterocycles. The highest BCUT2D eigenvalue weighted by molar-refractivity contribution is 8.07. The van der Waals surface area contributed by atoms with Crippen molar-refractivity contribution < 1.29 is 9.86 Å². The second-order valence-corrected chi connectivity index (χ2v) is 3.35. The van der Waals surface area contributed by atoms with Crippen molar-refractivity contribution in [3.8, 4) is 5.40 Å². The summed E-state index contributed by atoms with van der Waals surface area (Å²) in [5.74, 6) is 0. The van der Waals surface area contributed by atoms with Crippen LogP contribution in [-0.2, 0) is 4.94 Å². The van der Waals surface area contributed by atoms with Gasteiger partial charge in [0.05, 0.1) is 11.1 Å². The molecule has 0 aliphatic carbocycles. The van der Waals surface area contributed by atoms with Gasteiger partial charge in [0.15, 0.2) is 5.70 Å². The average Bonchev–Trinajstić information content (AvgIpc) is 2.66. The predicted octanol–water partition coefficient (Wildman–Crippen LogP) is 0.809. The van der Waals surface area contributed by atoms with E-state index in [1.54, 1.807) is 0 Å². The van der Waals surface area contributed by atoms with Crippen molar-refractivity contribution in [3.05, 3.63) is 44.9 Å². The van der Waals surface area contributed by atoms with E-state index in [0.717, 1.165) is 11.8 Å². The Morgan fingerprint density at radius 1 is 1.67 bits per heavy atom. The number of thiocyanates is 1. The van der Waals surface area contributed by atoms with Gasteiger partial charge in [-0.2, -0.15) is 15.3 Å². The number of hydrogen-bond acceptors (Lipinski definition) is 7. The first-order chi connectivity index (χ1) is 7.24. The molecular formula is C7H4N4O3S. The monoisotopic (exact) mass is 224 g/mol. The van der Waals surface area contributed by atoms with Crippen molar-refractivity contribution in [2.24, 2.45) is 0 Å². The SMILES string of the molecule is N#CSC1=CC=C([N+](=O)[O-])C2=CNON12. The van der Waals surface area contributed by atoms with E-state index in [2.05, 4.69) is 5.48 Å². The number of hydrogen-bond donors (Lipinski definition) is 1. The molecule has 2 aliphatic rings. The zero-order chi connectivity index (χ0) is 10.8. The summed E-state index contributed by atoms with van der Waals surface area (Å²) in [6, 6.07) is 0. The smallest absolute Gasteiger partial charge is 0.258 e. The van der Waals surface area contributed by atoms with E-state index in [0.29, 0.717) is 5.03 Å². The third kappa shape index (κ3) is 1.54. The van der Waals surface area contributed by atoms with Crippen LogP contribution in [0.5, 0.6) is 0 Å². The van der Waals surface area contributed by atoms with Crippen LogP contribution in [-0.4, -0.2) is 9.99 Å². The molecule has 0 spiro atoms. The molecule has 15 heavy (non-hydrogen) atoms. The zero-order valence-electron chi connectivity index (χ0n) is 7.21. The normalized spacial score (nSPS) is 18.1. The Kier molecular flexibility index (Phi) is 2.32. The quantitative estimate of drug-likeness (QED) is 0.421. The van der Waals surface area contributed by atoms with Crippen molar-refractivity contribution in [1.29, 1.82) is 5.26 Å². The van der Waals surface area contributed by atoms with Crippen LogP contribution < -0.4 is 5.48 Å². The maximum absolute atomic E-state index is 10.6. The molecule has 1 N–H and O–H groups in total. The Balaban J connectivity index is 2.38. The first-order valence-corrected chi connectivity index (χ1v) is 4.61. The molecule has 2 heterocycles. The molecule has 0 aromatic carbocycles. The third-order valence-corrected chi connectivity index (χ3v) is 2.35. The molecule has 0 atom stereocenters. The third-order valence-electron chi connectivity index (χ3n) is 1.75. The second-order valence-electron chi connectivity index (χ2n) is 2.54. The molecule has 0 saturated carbocycles. The van der Waals surface area contributed by atoms with Crippen LogP contribution in [0.1, 0.15) is 0 Å². The minimum Gasteiger partial charge on any atom is -0.258 e. The Hall–Kier alpha value is -1.98. The summed E-state index contributed by atoms with van der Waals surface area (Å²) in [4.78, 5) is 15.0. The van der Waals surface area contributed by atoms with Gasteiger partial charge in [0, 0.05) is 17.8 Å². The van der Waals surface area contributed by atoms with Gasteiger partial charge in [-0.15, -0.1) is 0 Å². The summed E-state index contributed by atoms with van der Waals surface area (Å²) in [6.07, 6.45) is 4.15. The Labute approximate surface area is 88.3 Å². The summed E-state index contributed by atoms with van der Waals surface area (Å²) in [5.41, 5.74) is 2.59. The summed E-state index contributed by atoms with van der Waals surface area (Å²) in [5, 5.41) is 22.7. The van der Waals surface area contributed by atoms with Crippen LogP contribution in [0.3, 0.4) is 0 Å². The van der Waals surface area contributed by atoms with Crippen LogP contribution in [0.2, 0.25) is 0 Å². The summed E-state index contributed by atoms with van der Waals surface area (Å²) >= 11 is 0.862. The van der Waals surface area contributed by atoms with Gasteiger partial charge in [-0.25, -0.2) is 5.48 Å². The molecule has 2 rings (SSSR count). The lowest BCUT2D eigenvalue weighted by Crippen LogP contribution is -2.23. The molecule has 0 aromatic heterocycles. The van der Waals surface area contributed by atoms with Crippen LogP contribution in [0, 0.1) is 20.8 Å². The number of rotatable bonds is 2. The highest BCUT2D eigenvalue weighted by Crippen LogP contribution is 2.33. The van der Waals surface area contributed by atoms with Gasteiger partial charge in [0.2, 0.25) is 0 Å². The first-order valence-electron chi connectivity index (χ1n) is 3.79. The number of thioether (sulfide) groups is 1. The molecule has 0 saturated heterocycles. The summed E-state index contributed by atoms with van der Waals surface area (Å²) in [7, 11) is 0. The lowest BCUT2D eigenvalue weighted by Gasteiger charge is -2.19. The molecule has 0 amide bonds. The average molecular weight is 224 g/mol. The lowest BCUT2D eigenvalue weighted by molar-refractivity contribution is -0.424. The molecule has 76 valence electrons. The van der Waals surface area contributed by atoms with Crippen LogP contribution >= 0.6 is 11.8 Å². The highest BCUT2D eigenvalue weighted by Gasteiger charge is 2.33. The van der Waals surface area contributed by atoms with E-state index >= 15 is 0 Å². The number of fused-ring (bicyclic) bond motifs is 1. The highest BCUT2D eigenvalue weighted by atomic mass is 32.2. The van der Waals surface area contributed by atoms with Crippen LogP contribution in [0.4, 0.5) is 0 Å². The van der Waals surface area contributed by atoms with Crippen molar-refractivity contribution >= 4 is 11.8 Å². The van der Waals surface area contributed by atoms with Gasteiger partial charge in [-0.3, -0.25) is 10.1 Å². The van der Waals surface area contributed by atoms with E-state index < -0.39 is 4.92 Å². The number of nitrogens with one attached hydrogen (secondary N) is 1. The van der Waals surface area contributed by atoms with E-state index in [1.165, 1.54) is 23.4 Å². The van der Waals surface area contributed by atoms with E-state index in [-0.39, 0.29) is 11.4 Å². The summed E-state index contributed by atoms with van der Waals surface area (Å²) < 4.78 is 0. The van der Waals surface area contributed by atoms with Crippen LogP contribution in [0.25, 0.3) is 0 Å². The van der Waals surface area contributed by atoms with E-state index in [1.807, 2.05) is 5.40 Å². The number of allylic oxidation sites excluding steroid dienone is 2. The molecule has 8 heteroatoms. The predicted molar refractivity (Wildman–Crippen MR) is 50.5 cm³/mol. The minimum absolute atomic E-state index is 0.0812. The Morgan fingerprint density at radius 2 is 2.47 bits per heavy atom. The fourth-order valence-electron chi connectivity index (χ4n) is 1.16. The fourth-order valence-corrected chi connectivity index (χ4v) is 1.61. The second kappa shape index (κ2) is 3.64. The van der Waals surface area contributed by atoms with Crippen molar-refractivity contribution in [2.45, 2.75) is 0 Å².